The molecule has 0 saturated heterocycles. The van der Waals surface area contributed by atoms with Gasteiger partial charge in [0.2, 0.25) is 0 Å². The molecular weight excluding hydrogens is 309 g/mol. The van der Waals surface area contributed by atoms with E-state index in [4.69, 9.17) is 21.1 Å². The van der Waals surface area contributed by atoms with Crippen LogP contribution in [0.5, 0.6) is 11.5 Å². The molecule has 0 amide bonds. The molecule has 4 nitrogen and oxygen atoms in total. The maximum absolute atomic E-state index is 12.9. The molecule has 1 aromatic carbocycles. The Kier molecular flexibility index (Phi) is 4.04. The number of rotatable bonds is 3. The fourth-order valence-electron chi connectivity index (χ4n) is 1.97. The van der Waals surface area contributed by atoms with Gasteiger partial charge < -0.3 is 14.8 Å². The molecule has 8 heteroatoms. The molecule has 0 radical (unpaired) electrons. The highest BCUT2D eigenvalue weighted by Gasteiger charge is 2.34. The smallest absolute Gasteiger partial charge is 0.433 e. The van der Waals surface area contributed by atoms with Crippen molar-refractivity contribution < 1.29 is 22.6 Å². The standard InChI is InChI=1S/C13H12ClF3N2O2/c1-18-6-4-9(13(15,16)17)19-12-8(21-3)5-7(20-2)11(14)10(6)12/h4-5H,1-3H3,(H,18,19). The van der Waals surface area contributed by atoms with Crippen molar-refractivity contribution in [1.29, 1.82) is 0 Å². The summed E-state index contributed by atoms with van der Waals surface area (Å²) in [6.07, 6.45) is -4.57. The maximum atomic E-state index is 12.9. The van der Waals surface area contributed by atoms with Crippen molar-refractivity contribution in [2.45, 2.75) is 6.18 Å². The average Bonchev–Trinajstić information content (AvgIpc) is 2.45. The SMILES string of the molecule is CNc1cc(C(F)(F)F)nc2c(OC)cc(OC)c(Cl)c12. The van der Waals surface area contributed by atoms with Gasteiger partial charge in [-0.3, -0.25) is 0 Å². The van der Waals surface area contributed by atoms with Gasteiger partial charge in [0.1, 0.15) is 22.7 Å². The summed E-state index contributed by atoms with van der Waals surface area (Å²) >= 11 is 6.18. The first-order chi connectivity index (χ1) is 9.83. The van der Waals surface area contributed by atoms with Gasteiger partial charge in [0.05, 0.1) is 19.2 Å². The Balaban J connectivity index is 2.93. The fraction of sp³-hybridized carbons (Fsp3) is 0.308. The van der Waals surface area contributed by atoms with Crippen molar-refractivity contribution in [3.63, 3.8) is 0 Å². The lowest BCUT2D eigenvalue weighted by molar-refractivity contribution is -0.140. The Bertz CT molecular complexity index is 689. The summed E-state index contributed by atoms with van der Waals surface area (Å²) in [4.78, 5) is 3.63. The van der Waals surface area contributed by atoms with Gasteiger partial charge in [-0.05, 0) is 6.07 Å². The lowest BCUT2D eigenvalue weighted by Gasteiger charge is -2.16. The highest BCUT2D eigenvalue weighted by molar-refractivity contribution is 6.38. The number of alkyl halides is 3. The van der Waals surface area contributed by atoms with Crippen LogP contribution < -0.4 is 14.8 Å². The van der Waals surface area contributed by atoms with Gasteiger partial charge in [-0.1, -0.05) is 11.6 Å². The van der Waals surface area contributed by atoms with Gasteiger partial charge in [-0.25, -0.2) is 4.98 Å². The van der Waals surface area contributed by atoms with E-state index >= 15 is 0 Å². The monoisotopic (exact) mass is 320 g/mol. The second-order valence-corrected chi connectivity index (χ2v) is 4.50. The predicted octanol–water partition coefficient (Wildman–Crippen LogP) is 3.97. The Hall–Kier alpha value is -1.89. The van der Waals surface area contributed by atoms with Crippen LogP contribution in [0.4, 0.5) is 18.9 Å². The van der Waals surface area contributed by atoms with Crippen molar-refractivity contribution in [2.75, 3.05) is 26.6 Å². The lowest BCUT2D eigenvalue weighted by Crippen LogP contribution is -2.10. The van der Waals surface area contributed by atoms with Crippen LogP contribution in [0.3, 0.4) is 0 Å². The number of halogens is 4. The molecule has 0 bridgehead atoms. The van der Waals surface area contributed by atoms with Crippen molar-refractivity contribution in [3.8, 4) is 11.5 Å². The largest absolute Gasteiger partial charge is 0.495 e. The highest BCUT2D eigenvalue weighted by Crippen LogP contribution is 2.43. The Morgan fingerprint density at radius 3 is 2.24 bits per heavy atom. The molecule has 2 rings (SSSR count). The molecule has 1 aromatic heterocycles. The first kappa shape index (κ1) is 15.5. The van der Waals surface area contributed by atoms with E-state index in [0.29, 0.717) is 11.1 Å². The number of pyridine rings is 1. The molecular formula is C13H12ClF3N2O2. The summed E-state index contributed by atoms with van der Waals surface area (Å²) in [5.41, 5.74) is -0.823. The topological polar surface area (TPSA) is 43.4 Å². The van der Waals surface area contributed by atoms with E-state index in [9.17, 15) is 13.2 Å². The van der Waals surface area contributed by atoms with Gasteiger partial charge in [-0.2, -0.15) is 13.2 Å². The van der Waals surface area contributed by atoms with Crippen LogP contribution in [0.2, 0.25) is 5.02 Å². The van der Waals surface area contributed by atoms with Crippen molar-refractivity contribution in [2.24, 2.45) is 0 Å². The van der Waals surface area contributed by atoms with Crippen molar-refractivity contribution >= 4 is 28.2 Å². The Morgan fingerprint density at radius 1 is 1.14 bits per heavy atom. The lowest BCUT2D eigenvalue weighted by atomic mass is 10.1. The number of nitrogens with zero attached hydrogens (tertiary/aromatic N) is 1. The van der Waals surface area contributed by atoms with Crippen LogP contribution >= 0.6 is 11.6 Å². The van der Waals surface area contributed by atoms with Crippen LogP contribution in [-0.4, -0.2) is 26.3 Å². The number of nitrogens with one attached hydrogen (secondary N) is 1. The summed E-state index contributed by atoms with van der Waals surface area (Å²) in [6.45, 7) is 0. The molecule has 0 aliphatic heterocycles. The summed E-state index contributed by atoms with van der Waals surface area (Å²) in [5.74, 6) is 0.438. The van der Waals surface area contributed by atoms with Crippen LogP contribution in [0.1, 0.15) is 5.69 Å². The first-order valence-electron chi connectivity index (χ1n) is 5.83. The zero-order chi connectivity index (χ0) is 15.8. The van der Waals surface area contributed by atoms with E-state index in [2.05, 4.69) is 10.3 Å². The third kappa shape index (κ3) is 2.65. The van der Waals surface area contributed by atoms with Gasteiger partial charge in [0.25, 0.3) is 0 Å². The molecule has 0 saturated carbocycles. The molecule has 2 aromatic rings. The van der Waals surface area contributed by atoms with Crippen molar-refractivity contribution in [1.82, 2.24) is 4.98 Å². The summed E-state index contributed by atoms with van der Waals surface area (Å²) in [5, 5.41) is 3.16. The van der Waals surface area contributed by atoms with Crippen LogP contribution in [-0.2, 0) is 6.18 Å². The third-order valence-electron chi connectivity index (χ3n) is 2.95. The number of ether oxygens (including phenoxy) is 2. The highest BCUT2D eigenvalue weighted by atomic mass is 35.5. The molecule has 0 atom stereocenters. The number of hydrogen-bond donors (Lipinski definition) is 1. The number of hydrogen-bond acceptors (Lipinski definition) is 4. The molecule has 0 spiro atoms. The number of aromatic nitrogens is 1. The zero-order valence-corrected chi connectivity index (χ0v) is 12.2. The number of methoxy groups -OCH3 is 2. The number of anilines is 1. The normalized spacial score (nSPS) is 11.6. The minimum atomic E-state index is -4.57. The molecule has 114 valence electrons. The Morgan fingerprint density at radius 2 is 1.76 bits per heavy atom. The fourth-order valence-corrected chi connectivity index (χ4v) is 2.29. The van der Waals surface area contributed by atoms with E-state index in [1.165, 1.54) is 27.3 Å². The summed E-state index contributed by atoms with van der Waals surface area (Å²) in [7, 11) is 4.24. The van der Waals surface area contributed by atoms with E-state index in [1.54, 1.807) is 0 Å². The zero-order valence-electron chi connectivity index (χ0n) is 11.4. The summed E-state index contributed by atoms with van der Waals surface area (Å²) in [6, 6.07) is 2.30. The minimum absolute atomic E-state index is 0.0162. The Labute approximate surface area is 123 Å². The van der Waals surface area contributed by atoms with E-state index in [0.717, 1.165) is 6.07 Å². The van der Waals surface area contributed by atoms with Gasteiger partial charge in [0, 0.05) is 24.2 Å². The molecule has 0 aliphatic carbocycles. The molecule has 0 unspecified atom stereocenters. The predicted molar refractivity (Wildman–Crippen MR) is 74.4 cm³/mol. The quantitative estimate of drug-likeness (QED) is 0.929. The second-order valence-electron chi connectivity index (χ2n) is 4.12. The average molecular weight is 321 g/mol. The van der Waals surface area contributed by atoms with E-state index in [-0.39, 0.29) is 22.0 Å². The molecule has 1 N–H and O–H groups in total. The van der Waals surface area contributed by atoms with Crippen LogP contribution in [0, 0.1) is 0 Å². The minimum Gasteiger partial charge on any atom is -0.495 e. The summed E-state index contributed by atoms with van der Waals surface area (Å²) < 4.78 is 49.0. The first-order valence-corrected chi connectivity index (χ1v) is 6.21. The number of benzene rings is 1. The van der Waals surface area contributed by atoms with E-state index in [1.807, 2.05) is 0 Å². The number of fused-ring (bicyclic) bond motifs is 1. The molecule has 0 aliphatic rings. The van der Waals surface area contributed by atoms with Gasteiger partial charge in [0.15, 0.2) is 0 Å². The molecule has 0 fully saturated rings. The van der Waals surface area contributed by atoms with Crippen LogP contribution in [0.15, 0.2) is 12.1 Å². The molecule has 21 heavy (non-hydrogen) atoms. The van der Waals surface area contributed by atoms with Gasteiger partial charge in [-0.15, -0.1) is 0 Å². The third-order valence-corrected chi connectivity index (χ3v) is 3.33. The van der Waals surface area contributed by atoms with Crippen LogP contribution in [0.25, 0.3) is 10.9 Å². The second kappa shape index (κ2) is 5.48. The maximum Gasteiger partial charge on any atom is 0.433 e. The van der Waals surface area contributed by atoms with Crippen molar-refractivity contribution in [3.05, 3.63) is 22.8 Å². The van der Waals surface area contributed by atoms with E-state index < -0.39 is 11.9 Å². The van der Waals surface area contributed by atoms with Gasteiger partial charge >= 0.3 is 6.18 Å². The molecule has 1 heterocycles.